The maximum absolute atomic E-state index is 12.3. The second-order valence-corrected chi connectivity index (χ2v) is 8.53. The summed E-state index contributed by atoms with van der Waals surface area (Å²) in [6.07, 6.45) is 3.22. The van der Waals surface area contributed by atoms with Crippen molar-refractivity contribution in [3.63, 3.8) is 0 Å². The normalized spacial score (nSPS) is 29.8. The second-order valence-electron chi connectivity index (χ2n) is 6.89. The van der Waals surface area contributed by atoms with Crippen LogP contribution in [0.1, 0.15) is 40.0 Å². The molecule has 2 aliphatic rings. The average Bonchev–Trinajstić information content (AvgIpc) is 2.81. The van der Waals surface area contributed by atoms with Crippen LogP contribution in [0, 0.1) is 5.92 Å². The maximum atomic E-state index is 12.3. The highest BCUT2D eigenvalue weighted by Gasteiger charge is 2.54. The van der Waals surface area contributed by atoms with Crippen LogP contribution in [0.3, 0.4) is 0 Å². The highest BCUT2D eigenvalue weighted by molar-refractivity contribution is 7.85. The van der Waals surface area contributed by atoms with E-state index < -0.39 is 21.3 Å². The van der Waals surface area contributed by atoms with Gasteiger partial charge in [-0.15, -0.1) is 0 Å². The molecule has 0 aromatic heterocycles. The average molecular weight is 305 g/mol. The van der Waals surface area contributed by atoms with E-state index in [1.54, 1.807) is 4.90 Å². The number of amides is 1. The highest BCUT2D eigenvalue weighted by Crippen LogP contribution is 2.47. The number of nitrogens with zero attached hydrogens (tertiary/aromatic N) is 1. The number of carbonyl (C=O) groups excluding carboxylic acids is 1. The number of piperidine rings is 1. The molecule has 0 radical (unpaired) electrons. The molecule has 1 aliphatic carbocycles. The van der Waals surface area contributed by atoms with Crippen molar-refractivity contribution in [2.24, 2.45) is 5.92 Å². The van der Waals surface area contributed by atoms with Gasteiger partial charge in [-0.2, -0.15) is 8.42 Å². The van der Waals surface area contributed by atoms with Crippen LogP contribution in [-0.4, -0.2) is 50.0 Å². The molecule has 6 nitrogen and oxygen atoms in total. The van der Waals surface area contributed by atoms with E-state index in [0.717, 1.165) is 25.5 Å². The largest absolute Gasteiger partial charge is 0.444 e. The van der Waals surface area contributed by atoms with Crippen molar-refractivity contribution in [1.29, 1.82) is 0 Å². The molecule has 2 bridgehead atoms. The van der Waals surface area contributed by atoms with Crippen LogP contribution in [0.4, 0.5) is 4.79 Å². The van der Waals surface area contributed by atoms with E-state index in [9.17, 15) is 13.2 Å². The van der Waals surface area contributed by atoms with Gasteiger partial charge < -0.3 is 4.74 Å². The van der Waals surface area contributed by atoms with Gasteiger partial charge in [0.05, 0.1) is 18.4 Å². The summed E-state index contributed by atoms with van der Waals surface area (Å²) >= 11 is 0. The molecule has 2 atom stereocenters. The predicted octanol–water partition coefficient (Wildman–Crippen LogP) is 1.75. The number of carbonyl (C=O) groups is 1. The molecule has 20 heavy (non-hydrogen) atoms. The molecule has 1 heterocycles. The summed E-state index contributed by atoms with van der Waals surface area (Å²) in [7, 11) is -3.50. The van der Waals surface area contributed by atoms with Crippen LogP contribution in [0.2, 0.25) is 0 Å². The van der Waals surface area contributed by atoms with Crippen molar-refractivity contribution in [3.05, 3.63) is 0 Å². The molecule has 1 saturated heterocycles. The summed E-state index contributed by atoms with van der Waals surface area (Å²) in [5.74, 6) is 0.422. The Kier molecular flexibility index (Phi) is 3.79. The first-order valence-corrected chi connectivity index (χ1v) is 8.67. The Morgan fingerprint density at radius 3 is 2.55 bits per heavy atom. The number of hydrogen-bond acceptors (Lipinski definition) is 5. The van der Waals surface area contributed by atoms with Gasteiger partial charge in [-0.25, -0.2) is 4.79 Å². The van der Waals surface area contributed by atoms with Gasteiger partial charge in [0.1, 0.15) is 5.60 Å². The number of fused-ring (bicyclic) bond motifs is 2. The van der Waals surface area contributed by atoms with Crippen molar-refractivity contribution in [3.8, 4) is 0 Å². The third kappa shape index (κ3) is 3.44. The van der Waals surface area contributed by atoms with E-state index in [0.29, 0.717) is 12.5 Å². The molecule has 2 rings (SSSR count). The number of rotatable bonds is 3. The standard InChI is InChI=1S/C13H23NO5S/c1-12(2,3)19-11(15)14-8-10-5-6-13(14,7-10)9-18-20(4,16)17/h10H,5-9H2,1-4H3. The van der Waals surface area contributed by atoms with Crippen LogP contribution >= 0.6 is 0 Å². The quantitative estimate of drug-likeness (QED) is 0.743. The van der Waals surface area contributed by atoms with E-state index in [-0.39, 0.29) is 12.7 Å². The Morgan fingerprint density at radius 2 is 2.05 bits per heavy atom. The number of ether oxygens (including phenoxy) is 1. The van der Waals surface area contributed by atoms with Crippen molar-refractivity contribution >= 4 is 16.2 Å². The molecule has 7 heteroatoms. The van der Waals surface area contributed by atoms with Gasteiger partial charge in [0.15, 0.2) is 0 Å². The van der Waals surface area contributed by atoms with Gasteiger partial charge in [0, 0.05) is 6.54 Å². The zero-order valence-corrected chi connectivity index (χ0v) is 13.3. The van der Waals surface area contributed by atoms with E-state index >= 15 is 0 Å². The van der Waals surface area contributed by atoms with Crippen molar-refractivity contribution in [2.45, 2.75) is 51.2 Å². The van der Waals surface area contributed by atoms with E-state index in [4.69, 9.17) is 8.92 Å². The van der Waals surface area contributed by atoms with Crippen molar-refractivity contribution < 1.29 is 22.1 Å². The van der Waals surface area contributed by atoms with Gasteiger partial charge in [0.25, 0.3) is 10.1 Å². The topological polar surface area (TPSA) is 72.9 Å². The summed E-state index contributed by atoms with van der Waals surface area (Å²) in [5, 5.41) is 0. The molecular formula is C13H23NO5S. The molecule has 1 saturated carbocycles. The highest BCUT2D eigenvalue weighted by atomic mass is 32.2. The van der Waals surface area contributed by atoms with Gasteiger partial charge in [0.2, 0.25) is 0 Å². The molecule has 0 aromatic carbocycles. The second kappa shape index (κ2) is 4.87. The SMILES string of the molecule is CC(C)(C)OC(=O)N1CC2CCC1(COS(C)(=O)=O)C2. The van der Waals surface area contributed by atoms with Gasteiger partial charge >= 0.3 is 6.09 Å². The summed E-state index contributed by atoms with van der Waals surface area (Å²) in [6.45, 7) is 6.11. The smallest absolute Gasteiger partial charge is 0.410 e. The first-order chi connectivity index (χ1) is 9.01. The Bertz CT molecular complexity index is 495. The molecule has 1 aliphatic heterocycles. The van der Waals surface area contributed by atoms with E-state index in [1.165, 1.54) is 0 Å². The molecule has 116 valence electrons. The van der Waals surface area contributed by atoms with Crippen LogP contribution in [0.25, 0.3) is 0 Å². The van der Waals surface area contributed by atoms with E-state index in [2.05, 4.69) is 0 Å². The van der Waals surface area contributed by atoms with Gasteiger partial charge in [-0.3, -0.25) is 9.08 Å². The fourth-order valence-electron chi connectivity index (χ4n) is 3.08. The van der Waals surface area contributed by atoms with Crippen LogP contribution in [-0.2, 0) is 19.0 Å². The summed E-state index contributed by atoms with van der Waals surface area (Å²) in [6, 6.07) is 0. The fraction of sp³-hybridized carbons (Fsp3) is 0.923. The first-order valence-electron chi connectivity index (χ1n) is 6.86. The van der Waals surface area contributed by atoms with Crippen LogP contribution < -0.4 is 0 Å². The zero-order valence-electron chi connectivity index (χ0n) is 12.5. The molecule has 2 unspecified atom stereocenters. The maximum Gasteiger partial charge on any atom is 0.410 e. The lowest BCUT2D eigenvalue weighted by molar-refractivity contribution is -0.00613. The zero-order chi connectivity index (χ0) is 15.2. The van der Waals surface area contributed by atoms with Crippen molar-refractivity contribution in [1.82, 2.24) is 4.90 Å². The van der Waals surface area contributed by atoms with Gasteiger partial charge in [-0.05, 0) is 46.0 Å². The first kappa shape index (κ1) is 15.6. The van der Waals surface area contributed by atoms with E-state index in [1.807, 2.05) is 20.8 Å². The van der Waals surface area contributed by atoms with Crippen molar-refractivity contribution in [2.75, 3.05) is 19.4 Å². The van der Waals surface area contributed by atoms with Gasteiger partial charge in [-0.1, -0.05) is 0 Å². The summed E-state index contributed by atoms with van der Waals surface area (Å²) in [5.41, 5.74) is -1.08. The number of likely N-dealkylation sites (tertiary alicyclic amines) is 1. The van der Waals surface area contributed by atoms with Crippen LogP contribution in [0.5, 0.6) is 0 Å². The summed E-state index contributed by atoms with van der Waals surface area (Å²) < 4.78 is 32.8. The minimum atomic E-state index is -3.50. The monoisotopic (exact) mass is 305 g/mol. The molecule has 1 amide bonds. The lowest BCUT2D eigenvalue weighted by atomic mass is 9.99. The fourth-order valence-corrected chi connectivity index (χ4v) is 3.51. The summed E-state index contributed by atoms with van der Waals surface area (Å²) in [4.78, 5) is 13.9. The lowest BCUT2D eigenvalue weighted by Gasteiger charge is -2.38. The Balaban J connectivity index is 2.11. The van der Waals surface area contributed by atoms with Crippen LogP contribution in [0.15, 0.2) is 0 Å². The minimum absolute atomic E-state index is 0.0293. The minimum Gasteiger partial charge on any atom is -0.444 e. The Labute approximate surface area is 120 Å². The third-order valence-electron chi connectivity index (χ3n) is 3.86. The number of hydrogen-bond donors (Lipinski definition) is 0. The molecule has 2 fully saturated rings. The predicted molar refractivity (Wildman–Crippen MR) is 73.8 cm³/mol. The molecule has 0 aromatic rings. The lowest BCUT2D eigenvalue weighted by Crippen LogP contribution is -2.52. The Hall–Kier alpha value is -0.820. The molecule has 0 spiro atoms. The Morgan fingerprint density at radius 1 is 1.40 bits per heavy atom. The molecule has 0 N–H and O–H groups in total. The molecular weight excluding hydrogens is 282 g/mol. The third-order valence-corrected chi connectivity index (χ3v) is 4.40.